The van der Waals surface area contributed by atoms with E-state index in [9.17, 15) is 0 Å². The van der Waals surface area contributed by atoms with E-state index in [2.05, 4.69) is 29.4 Å². The standard InChI is InChI=1S/C14H19N3/c1-2-3-4-8-11-17-12-14(15-16-17)13-9-6-5-7-10-13/h5-7,9-10,12H,2-4,8,11H2,1H3. The van der Waals surface area contributed by atoms with E-state index in [-0.39, 0.29) is 0 Å². The lowest BCUT2D eigenvalue weighted by atomic mass is 10.2. The molecule has 0 N–H and O–H groups in total. The number of rotatable bonds is 6. The van der Waals surface area contributed by atoms with Crippen LogP contribution in [0.2, 0.25) is 0 Å². The summed E-state index contributed by atoms with van der Waals surface area (Å²) in [6.07, 6.45) is 7.07. The van der Waals surface area contributed by atoms with Crippen LogP contribution in [0, 0.1) is 0 Å². The predicted molar refractivity (Wildman–Crippen MR) is 69.6 cm³/mol. The normalized spacial score (nSPS) is 10.6. The van der Waals surface area contributed by atoms with Crippen LogP contribution in [0.5, 0.6) is 0 Å². The van der Waals surface area contributed by atoms with Gasteiger partial charge in [-0.05, 0) is 6.42 Å². The van der Waals surface area contributed by atoms with Gasteiger partial charge in [-0.1, -0.05) is 61.7 Å². The Morgan fingerprint density at radius 2 is 1.88 bits per heavy atom. The fourth-order valence-electron chi connectivity index (χ4n) is 1.85. The van der Waals surface area contributed by atoms with Crippen molar-refractivity contribution >= 4 is 0 Å². The number of benzene rings is 1. The number of aromatic nitrogens is 3. The first kappa shape index (κ1) is 11.8. The van der Waals surface area contributed by atoms with Gasteiger partial charge in [0.1, 0.15) is 5.69 Å². The third-order valence-electron chi connectivity index (χ3n) is 2.85. The largest absolute Gasteiger partial charge is 0.252 e. The molecule has 0 fully saturated rings. The smallest absolute Gasteiger partial charge is 0.113 e. The predicted octanol–water partition coefficient (Wildman–Crippen LogP) is 3.53. The average molecular weight is 229 g/mol. The van der Waals surface area contributed by atoms with E-state index in [0.717, 1.165) is 17.8 Å². The van der Waals surface area contributed by atoms with Crippen LogP contribution in [0.3, 0.4) is 0 Å². The van der Waals surface area contributed by atoms with Crippen LogP contribution in [0.4, 0.5) is 0 Å². The molecule has 0 aliphatic heterocycles. The first-order valence-electron chi connectivity index (χ1n) is 6.35. The van der Waals surface area contributed by atoms with Crippen molar-refractivity contribution in [3.05, 3.63) is 36.5 Å². The van der Waals surface area contributed by atoms with E-state index < -0.39 is 0 Å². The second-order valence-electron chi connectivity index (χ2n) is 4.29. The van der Waals surface area contributed by atoms with Crippen LogP contribution in [-0.4, -0.2) is 15.0 Å². The number of unbranched alkanes of at least 4 members (excludes halogenated alkanes) is 3. The first-order valence-corrected chi connectivity index (χ1v) is 6.35. The van der Waals surface area contributed by atoms with Gasteiger partial charge in [0.25, 0.3) is 0 Å². The van der Waals surface area contributed by atoms with Gasteiger partial charge in [0.2, 0.25) is 0 Å². The summed E-state index contributed by atoms with van der Waals surface area (Å²) < 4.78 is 1.94. The summed E-state index contributed by atoms with van der Waals surface area (Å²) in [7, 11) is 0. The van der Waals surface area contributed by atoms with Gasteiger partial charge in [0.15, 0.2) is 0 Å². The molecule has 0 aliphatic carbocycles. The fourth-order valence-corrected chi connectivity index (χ4v) is 1.85. The second-order valence-corrected chi connectivity index (χ2v) is 4.29. The van der Waals surface area contributed by atoms with Crippen LogP contribution in [-0.2, 0) is 6.54 Å². The lowest BCUT2D eigenvalue weighted by Crippen LogP contribution is -1.98. The Balaban J connectivity index is 1.92. The molecule has 1 heterocycles. The lowest BCUT2D eigenvalue weighted by molar-refractivity contribution is 0.527. The summed E-state index contributed by atoms with van der Waals surface area (Å²) in [5, 5.41) is 8.36. The molecule has 1 aromatic carbocycles. The van der Waals surface area contributed by atoms with Crippen molar-refractivity contribution in [1.29, 1.82) is 0 Å². The molecule has 0 bridgehead atoms. The molecule has 0 atom stereocenters. The molecular formula is C14H19N3. The maximum absolute atomic E-state index is 4.20. The van der Waals surface area contributed by atoms with Gasteiger partial charge < -0.3 is 0 Å². The Kier molecular flexibility index (Phi) is 4.30. The van der Waals surface area contributed by atoms with Gasteiger partial charge in [-0.3, -0.25) is 4.68 Å². The molecule has 0 saturated heterocycles. The minimum absolute atomic E-state index is 0.959. The summed E-state index contributed by atoms with van der Waals surface area (Å²) in [6, 6.07) is 10.2. The average Bonchev–Trinajstić information content (AvgIpc) is 2.85. The molecule has 0 spiro atoms. The maximum Gasteiger partial charge on any atom is 0.113 e. The molecule has 3 nitrogen and oxygen atoms in total. The van der Waals surface area contributed by atoms with Crippen molar-refractivity contribution in [1.82, 2.24) is 15.0 Å². The minimum atomic E-state index is 0.959. The zero-order valence-corrected chi connectivity index (χ0v) is 10.3. The molecule has 0 saturated carbocycles. The fraction of sp³-hybridized carbons (Fsp3) is 0.429. The van der Waals surface area contributed by atoms with Crippen LogP contribution in [0.25, 0.3) is 11.3 Å². The topological polar surface area (TPSA) is 30.7 Å². The minimum Gasteiger partial charge on any atom is -0.252 e. The van der Waals surface area contributed by atoms with Gasteiger partial charge in [0, 0.05) is 12.1 Å². The Morgan fingerprint density at radius 1 is 1.06 bits per heavy atom. The highest BCUT2D eigenvalue weighted by molar-refractivity contribution is 5.56. The third kappa shape index (κ3) is 3.41. The van der Waals surface area contributed by atoms with Crippen LogP contribution in [0.15, 0.2) is 36.5 Å². The van der Waals surface area contributed by atoms with Crippen molar-refractivity contribution in [3.63, 3.8) is 0 Å². The van der Waals surface area contributed by atoms with Crippen molar-refractivity contribution < 1.29 is 0 Å². The van der Waals surface area contributed by atoms with Gasteiger partial charge in [-0.15, -0.1) is 5.10 Å². The van der Waals surface area contributed by atoms with Gasteiger partial charge in [-0.2, -0.15) is 0 Å². The monoisotopic (exact) mass is 229 g/mol. The van der Waals surface area contributed by atoms with Crippen LogP contribution < -0.4 is 0 Å². The molecule has 0 unspecified atom stereocenters. The van der Waals surface area contributed by atoms with Crippen molar-refractivity contribution in [3.8, 4) is 11.3 Å². The molecule has 2 rings (SSSR count). The summed E-state index contributed by atoms with van der Waals surface area (Å²) in [5.74, 6) is 0. The van der Waals surface area contributed by atoms with Crippen LogP contribution in [0.1, 0.15) is 32.6 Å². The van der Waals surface area contributed by atoms with Gasteiger partial charge in [-0.25, -0.2) is 0 Å². The molecule has 90 valence electrons. The lowest BCUT2D eigenvalue weighted by Gasteiger charge is -1.98. The zero-order valence-electron chi connectivity index (χ0n) is 10.3. The summed E-state index contributed by atoms with van der Waals surface area (Å²) >= 11 is 0. The third-order valence-corrected chi connectivity index (χ3v) is 2.85. The summed E-state index contributed by atoms with van der Waals surface area (Å²) in [4.78, 5) is 0. The SMILES string of the molecule is CCCCCCn1cc(-c2ccccc2)nn1. The second kappa shape index (κ2) is 6.18. The highest BCUT2D eigenvalue weighted by Crippen LogP contribution is 2.15. The molecule has 2 aromatic rings. The highest BCUT2D eigenvalue weighted by atomic mass is 15.4. The Morgan fingerprint density at radius 3 is 2.65 bits per heavy atom. The Labute approximate surface area is 102 Å². The summed E-state index contributed by atoms with van der Waals surface area (Å²) in [5.41, 5.74) is 2.09. The Bertz CT molecular complexity index is 434. The number of hydrogen-bond donors (Lipinski definition) is 0. The number of nitrogens with zero attached hydrogens (tertiary/aromatic N) is 3. The van der Waals surface area contributed by atoms with E-state index >= 15 is 0 Å². The summed E-state index contributed by atoms with van der Waals surface area (Å²) in [6.45, 7) is 3.20. The molecule has 0 amide bonds. The number of aryl methyl sites for hydroxylation is 1. The van der Waals surface area contributed by atoms with Crippen LogP contribution >= 0.6 is 0 Å². The molecular weight excluding hydrogens is 210 g/mol. The van der Waals surface area contributed by atoms with E-state index in [0.29, 0.717) is 0 Å². The number of hydrogen-bond acceptors (Lipinski definition) is 2. The van der Waals surface area contributed by atoms with Crippen molar-refractivity contribution in [2.24, 2.45) is 0 Å². The van der Waals surface area contributed by atoms with E-state index in [1.165, 1.54) is 25.7 Å². The quantitative estimate of drug-likeness (QED) is 0.709. The maximum atomic E-state index is 4.20. The zero-order chi connectivity index (χ0) is 11.9. The van der Waals surface area contributed by atoms with E-state index in [1.807, 2.05) is 29.1 Å². The molecule has 0 radical (unpaired) electrons. The molecule has 17 heavy (non-hydrogen) atoms. The molecule has 3 heteroatoms. The van der Waals surface area contributed by atoms with Gasteiger partial charge in [0.05, 0.1) is 6.20 Å². The van der Waals surface area contributed by atoms with Crippen molar-refractivity contribution in [2.45, 2.75) is 39.2 Å². The highest BCUT2D eigenvalue weighted by Gasteiger charge is 2.02. The van der Waals surface area contributed by atoms with Crippen molar-refractivity contribution in [2.75, 3.05) is 0 Å². The van der Waals surface area contributed by atoms with Gasteiger partial charge >= 0.3 is 0 Å². The van der Waals surface area contributed by atoms with E-state index in [4.69, 9.17) is 0 Å². The molecule has 1 aromatic heterocycles. The molecule has 0 aliphatic rings. The Hall–Kier alpha value is -1.64. The van der Waals surface area contributed by atoms with E-state index in [1.54, 1.807) is 0 Å². The first-order chi connectivity index (χ1) is 8.40.